The van der Waals surface area contributed by atoms with Crippen molar-refractivity contribution >= 4 is 45.2 Å². The topological polar surface area (TPSA) is 158 Å². The Bertz CT molecular complexity index is 2270. The van der Waals surface area contributed by atoms with Gasteiger partial charge in [-0.1, -0.05) is 71.2 Å². The Hall–Kier alpha value is -4.54. The Morgan fingerprint density at radius 3 is 2.26 bits per heavy atom. The first-order chi connectivity index (χ1) is 27.7. The van der Waals surface area contributed by atoms with Crippen LogP contribution >= 0.6 is 23.2 Å². The maximum Gasteiger partial charge on any atom is 0.387 e. The summed E-state index contributed by atoms with van der Waals surface area (Å²) in [6.07, 6.45) is 4.91. The van der Waals surface area contributed by atoms with Gasteiger partial charge in [0, 0.05) is 18.0 Å². The monoisotopic (exact) mass is 859 g/mol. The van der Waals surface area contributed by atoms with E-state index >= 15 is 0 Å². The largest absolute Gasteiger partial charge is 0.619 e. The van der Waals surface area contributed by atoms with Gasteiger partial charge in [-0.3, -0.25) is 4.90 Å². The molecule has 0 radical (unpaired) electrons. The van der Waals surface area contributed by atoms with Gasteiger partial charge in [-0.15, -0.1) is 0 Å². The molecule has 1 saturated carbocycles. The van der Waals surface area contributed by atoms with E-state index in [0.29, 0.717) is 11.3 Å². The summed E-state index contributed by atoms with van der Waals surface area (Å²) in [6, 6.07) is 13.0. The van der Waals surface area contributed by atoms with Crippen LogP contribution in [-0.2, 0) is 26.0 Å². The molecule has 2 bridgehead atoms. The van der Waals surface area contributed by atoms with Crippen LogP contribution in [0.1, 0.15) is 75.8 Å². The molecule has 0 spiro atoms. The average molecular weight is 861 g/mol. The molecule has 4 aliphatic rings. The van der Waals surface area contributed by atoms with E-state index in [1.54, 1.807) is 24.3 Å². The summed E-state index contributed by atoms with van der Waals surface area (Å²) in [4.78, 5) is 28.6. The molecule has 4 fully saturated rings. The summed E-state index contributed by atoms with van der Waals surface area (Å²) in [5.74, 6) is -3.54. The molecule has 8 rings (SSSR count). The standard InChI is InChI=1S/C41H41Cl2F2N3O9S/c1-23-5-9-26(10-6-23)37(40(51)56-36-21-47-15-13-25(36)14-16-47)46-58(53,54)38-28(3-2-4-29(38)39(49)50)30(18-31-32(42)19-48(52)20-33(31)43)27-11-12-34(57-41(44)45)35(17-27)55-22-24-7-8-24/h2-6,9-12,17,19-20,24-25,30,36-37,41,46H,7-8,13-16,18,21-22H2,1H3,(H,49,50)/t30-,36-,37?/m0/s1. The van der Waals surface area contributed by atoms with Gasteiger partial charge in [-0.25, -0.2) is 18.0 Å². The van der Waals surface area contributed by atoms with Crippen molar-refractivity contribution in [3.05, 3.63) is 122 Å². The summed E-state index contributed by atoms with van der Waals surface area (Å²) in [7, 11) is -4.96. The lowest BCUT2D eigenvalue weighted by molar-refractivity contribution is -0.605. The summed E-state index contributed by atoms with van der Waals surface area (Å²) < 4.78 is 76.5. The lowest BCUT2D eigenvalue weighted by Crippen LogP contribution is -2.52. The van der Waals surface area contributed by atoms with Gasteiger partial charge in [-0.05, 0) is 98.8 Å². The molecule has 3 atom stereocenters. The van der Waals surface area contributed by atoms with Gasteiger partial charge in [0.25, 0.3) is 0 Å². The molecule has 4 heterocycles. The lowest BCUT2D eigenvalue weighted by Gasteiger charge is -2.44. The van der Waals surface area contributed by atoms with E-state index in [0.717, 1.165) is 62.8 Å². The van der Waals surface area contributed by atoms with Crippen molar-refractivity contribution in [2.24, 2.45) is 11.8 Å². The number of aromatic carboxylic acids is 1. The van der Waals surface area contributed by atoms with Gasteiger partial charge in [-0.2, -0.15) is 18.2 Å². The number of hydrogen-bond acceptors (Lipinski definition) is 9. The highest BCUT2D eigenvalue weighted by atomic mass is 35.5. The molecule has 58 heavy (non-hydrogen) atoms. The molecule has 2 N–H and O–H groups in total. The zero-order valence-electron chi connectivity index (χ0n) is 31.3. The van der Waals surface area contributed by atoms with Gasteiger partial charge in [0.2, 0.25) is 10.0 Å². The smallest absolute Gasteiger partial charge is 0.387 e. The third-order valence-electron chi connectivity index (χ3n) is 10.9. The van der Waals surface area contributed by atoms with Crippen molar-refractivity contribution in [3.8, 4) is 11.5 Å². The van der Waals surface area contributed by atoms with Crippen LogP contribution in [0.2, 0.25) is 10.0 Å². The number of fused-ring (bicyclic) bond motifs is 3. The predicted octanol–water partition coefficient (Wildman–Crippen LogP) is 7.06. The molecule has 3 aliphatic heterocycles. The second kappa shape index (κ2) is 17.4. The molecule has 17 heteroatoms. The van der Waals surface area contributed by atoms with E-state index in [9.17, 15) is 37.1 Å². The first-order valence-corrected chi connectivity index (χ1v) is 21.1. The van der Waals surface area contributed by atoms with Crippen molar-refractivity contribution in [2.75, 3.05) is 26.2 Å². The number of nitrogens with zero attached hydrogens (tertiary/aromatic N) is 2. The summed E-state index contributed by atoms with van der Waals surface area (Å²) >= 11 is 13.1. The molecule has 12 nitrogen and oxygen atoms in total. The number of pyridine rings is 1. The zero-order chi connectivity index (χ0) is 41.3. The fourth-order valence-electron chi connectivity index (χ4n) is 7.66. The first kappa shape index (κ1) is 41.6. The maximum absolute atomic E-state index is 14.9. The molecular weight excluding hydrogens is 819 g/mol. The van der Waals surface area contributed by atoms with E-state index in [1.165, 1.54) is 30.3 Å². The number of sulfonamides is 1. The van der Waals surface area contributed by atoms with Crippen LogP contribution < -0.4 is 18.9 Å². The minimum absolute atomic E-state index is 0.0517. The van der Waals surface area contributed by atoms with E-state index < -0.39 is 57.1 Å². The Balaban J connectivity index is 1.35. The maximum atomic E-state index is 14.9. The SMILES string of the molecule is Cc1ccc(C(NS(=O)(=O)c2c(C(=O)O)cccc2[C@@H](Cc2c(Cl)c[n+]([O-])cc2Cl)c2ccc(OC(F)F)c(OCC3CC3)c2)C(=O)O[C@H]2CN3CCC2CC3)cc1. The molecular formula is C41H41Cl2F2N3O9S. The summed E-state index contributed by atoms with van der Waals surface area (Å²) in [5.41, 5.74) is 0.936. The lowest BCUT2D eigenvalue weighted by atomic mass is 9.85. The molecule has 1 aliphatic carbocycles. The normalized spacial score (nSPS) is 20.1. The van der Waals surface area contributed by atoms with Crippen LogP contribution in [0, 0.1) is 24.0 Å². The van der Waals surface area contributed by atoms with Gasteiger partial charge in [0.05, 0.1) is 12.2 Å². The second-order valence-corrected chi connectivity index (χ2v) is 17.5. The molecule has 308 valence electrons. The van der Waals surface area contributed by atoms with Crippen molar-refractivity contribution in [3.63, 3.8) is 0 Å². The number of carboxylic acids is 1. The minimum atomic E-state index is -4.96. The Kier molecular flexibility index (Phi) is 12.5. The Morgan fingerprint density at radius 1 is 0.983 bits per heavy atom. The van der Waals surface area contributed by atoms with E-state index in [4.69, 9.17) is 37.4 Å². The molecule has 1 unspecified atom stereocenters. The van der Waals surface area contributed by atoms with Crippen LogP contribution in [-0.4, -0.2) is 69.3 Å². The Labute approximate surface area is 344 Å². The fraction of sp³-hybridized carbons (Fsp3) is 0.390. The van der Waals surface area contributed by atoms with E-state index in [-0.39, 0.29) is 68.7 Å². The fourth-order valence-corrected chi connectivity index (χ4v) is 9.89. The number of nitrogens with one attached hydrogen (secondary N) is 1. The number of carboxylic acid groups (broad SMARTS) is 1. The third-order valence-corrected chi connectivity index (χ3v) is 13.1. The van der Waals surface area contributed by atoms with Gasteiger partial charge in [0.15, 0.2) is 23.9 Å². The number of carbonyl (C=O) groups is 2. The molecule has 3 aromatic carbocycles. The number of carbonyl (C=O) groups excluding carboxylic acids is 1. The number of piperidine rings is 3. The van der Waals surface area contributed by atoms with Gasteiger partial charge >= 0.3 is 18.6 Å². The minimum Gasteiger partial charge on any atom is -0.619 e. The van der Waals surface area contributed by atoms with Crippen molar-refractivity contribution in [2.45, 2.75) is 68.6 Å². The van der Waals surface area contributed by atoms with Crippen molar-refractivity contribution in [1.29, 1.82) is 0 Å². The van der Waals surface area contributed by atoms with Crippen LogP contribution in [0.5, 0.6) is 11.5 Å². The molecule has 0 amide bonds. The molecule has 4 aromatic rings. The number of esters is 1. The first-order valence-electron chi connectivity index (χ1n) is 18.8. The number of halogens is 4. The van der Waals surface area contributed by atoms with Gasteiger partial charge < -0.3 is 24.5 Å². The van der Waals surface area contributed by atoms with Crippen LogP contribution in [0.25, 0.3) is 0 Å². The highest BCUT2D eigenvalue weighted by Gasteiger charge is 2.40. The molecule has 1 aromatic heterocycles. The quantitative estimate of drug-likeness (QED) is 0.0680. The van der Waals surface area contributed by atoms with Crippen LogP contribution in [0.15, 0.2) is 78.0 Å². The van der Waals surface area contributed by atoms with Crippen molar-refractivity contribution < 1.29 is 50.8 Å². The highest BCUT2D eigenvalue weighted by molar-refractivity contribution is 7.89. The Morgan fingerprint density at radius 2 is 1.66 bits per heavy atom. The molecule has 3 saturated heterocycles. The summed E-state index contributed by atoms with van der Waals surface area (Å²) in [6.45, 7) is 1.15. The van der Waals surface area contributed by atoms with Crippen molar-refractivity contribution in [1.82, 2.24) is 9.62 Å². The van der Waals surface area contributed by atoms with Crippen LogP contribution in [0.4, 0.5) is 8.78 Å². The summed E-state index contributed by atoms with van der Waals surface area (Å²) in [5, 5.41) is 22.6. The second-order valence-electron chi connectivity index (χ2n) is 15.0. The average Bonchev–Trinajstić information content (AvgIpc) is 4.02. The number of ether oxygens (including phenoxy) is 3. The number of alkyl halides is 2. The number of aromatic nitrogens is 1. The number of hydrogen-bond donors (Lipinski definition) is 2. The third kappa shape index (κ3) is 9.50. The van der Waals surface area contributed by atoms with E-state index in [1.807, 2.05) is 6.92 Å². The number of aryl methyl sites for hydroxylation is 1. The highest BCUT2D eigenvalue weighted by Crippen LogP contribution is 2.42. The number of rotatable bonds is 16. The predicted molar refractivity (Wildman–Crippen MR) is 209 cm³/mol. The number of benzene rings is 3. The zero-order valence-corrected chi connectivity index (χ0v) is 33.6. The van der Waals surface area contributed by atoms with E-state index in [2.05, 4.69) is 9.62 Å². The van der Waals surface area contributed by atoms with Crippen LogP contribution in [0.3, 0.4) is 0 Å². The van der Waals surface area contributed by atoms with Gasteiger partial charge in [0.1, 0.15) is 27.1 Å².